The lowest BCUT2D eigenvalue weighted by atomic mass is 10.1. The van der Waals surface area contributed by atoms with Gasteiger partial charge >= 0.3 is 0 Å². The van der Waals surface area contributed by atoms with E-state index in [1.807, 2.05) is 0 Å². The fourth-order valence-corrected chi connectivity index (χ4v) is 4.96. The van der Waals surface area contributed by atoms with Crippen molar-refractivity contribution >= 4 is 50.5 Å². The Morgan fingerprint density at radius 2 is 1.77 bits per heavy atom. The summed E-state index contributed by atoms with van der Waals surface area (Å²) in [5, 5.41) is 18.8. The number of benzene rings is 2. The van der Waals surface area contributed by atoms with E-state index in [-0.39, 0.29) is 27.9 Å². The number of nitrogens with one attached hydrogen (secondary N) is 1. The van der Waals surface area contributed by atoms with Crippen LogP contribution < -0.4 is 5.32 Å². The van der Waals surface area contributed by atoms with Crippen molar-refractivity contribution in [3.8, 4) is 5.69 Å². The number of hydrogen-bond acceptors (Lipinski definition) is 6. The molecule has 0 radical (unpaired) electrons. The number of aromatic nitrogens is 2. The molecule has 1 aromatic heterocycles. The van der Waals surface area contributed by atoms with Gasteiger partial charge in [0.1, 0.15) is 11.4 Å². The van der Waals surface area contributed by atoms with Crippen molar-refractivity contribution in [3.63, 3.8) is 0 Å². The molecule has 3 aromatic rings. The number of hydrogen-bond donors (Lipinski definition) is 1. The molecule has 4 rings (SSSR count). The van der Waals surface area contributed by atoms with Crippen LogP contribution in [0, 0.1) is 10.1 Å². The molecule has 1 aliphatic rings. The fourth-order valence-electron chi connectivity index (χ4n) is 3.16. The Labute approximate surface area is 180 Å². The van der Waals surface area contributed by atoms with Gasteiger partial charge in [-0.2, -0.15) is 5.10 Å². The highest BCUT2D eigenvalue weighted by atomic mass is 35.5. The molecule has 0 saturated carbocycles. The van der Waals surface area contributed by atoms with Crippen LogP contribution in [0.4, 0.5) is 11.5 Å². The molecule has 0 atom stereocenters. The second-order valence-corrected chi connectivity index (χ2v) is 9.50. The number of carbonyl (C=O) groups excluding carboxylic acids is 1. The number of halogens is 2. The number of amides is 1. The molecule has 9 nitrogen and oxygen atoms in total. The molecule has 2 aromatic carbocycles. The van der Waals surface area contributed by atoms with Crippen molar-refractivity contribution in [2.24, 2.45) is 0 Å². The zero-order chi connectivity index (χ0) is 21.6. The molecule has 154 valence electrons. The summed E-state index contributed by atoms with van der Waals surface area (Å²) in [5.74, 6) is -1.26. The first-order valence-electron chi connectivity index (χ1n) is 8.47. The van der Waals surface area contributed by atoms with Crippen LogP contribution >= 0.6 is 23.2 Å². The van der Waals surface area contributed by atoms with Gasteiger partial charge in [0.15, 0.2) is 9.84 Å². The quantitative estimate of drug-likeness (QED) is 0.460. The maximum Gasteiger partial charge on any atom is 0.282 e. The standard InChI is InChI=1S/C18H12Cl2N4O5S/c19-10-1-4-12(5-2-10)23-17(14-8-30(28,29)9-15(14)22-23)21-18(25)13-7-11(20)3-6-16(13)24(26)27/h1-7H,8-9H2,(H,21,25). The molecule has 30 heavy (non-hydrogen) atoms. The smallest absolute Gasteiger partial charge is 0.282 e. The van der Waals surface area contributed by atoms with Crippen LogP contribution in [-0.2, 0) is 21.3 Å². The first kappa shape index (κ1) is 20.3. The predicted molar refractivity (Wildman–Crippen MR) is 111 cm³/mol. The van der Waals surface area contributed by atoms with E-state index >= 15 is 0 Å². The number of anilines is 1. The zero-order valence-corrected chi connectivity index (χ0v) is 17.3. The average Bonchev–Trinajstić information content (AvgIpc) is 3.14. The van der Waals surface area contributed by atoms with Crippen molar-refractivity contribution in [2.45, 2.75) is 11.5 Å². The Balaban J connectivity index is 1.81. The van der Waals surface area contributed by atoms with Crippen LogP contribution in [0.2, 0.25) is 10.0 Å². The highest BCUT2D eigenvalue weighted by Crippen LogP contribution is 2.34. The number of rotatable bonds is 4. The van der Waals surface area contributed by atoms with Crippen LogP contribution in [0.25, 0.3) is 5.69 Å². The lowest BCUT2D eigenvalue weighted by molar-refractivity contribution is -0.385. The van der Waals surface area contributed by atoms with Crippen LogP contribution in [0.1, 0.15) is 21.6 Å². The molecule has 0 fully saturated rings. The Morgan fingerprint density at radius 1 is 1.10 bits per heavy atom. The Hall–Kier alpha value is -2.95. The van der Waals surface area contributed by atoms with Crippen molar-refractivity contribution < 1.29 is 18.1 Å². The molecule has 12 heteroatoms. The minimum Gasteiger partial charge on any atom is -0.306 e. The molecule has 1 N–H and O–H groups in total. The third-order valence-corrected chi connectivity index (χ3v) is 6.42. The molecular formula is C18H12Cl2N4O5S. The number of carbonyl (C=O) groups is 1. The second kappa shape index (κ2) is 7.38. The second-order valence-electron chi connectivity index (χ2n) is 6.57. The summed E-state index contributed by atoms with van der Waals surface area (Å²) in [4.78, 5) is 23.5. The Morgan fingerprint density at radius 3 is 2.43 bits per heavy atom. The van der Waals surface area contributed by atoms with E-state index in [9.17, 15) is 23.3 Å². The Bertz CT molecular complexity index is 1300. The van der Waals surface area contributed by atoms with E-state index in [1.54, 1.807) is 24.3 Å². The zero-order valence-electron chi connectivity index (χ0n) is 15.0. The molecule has 1 aliphatic heterocycles. The molecule has 0 bridgehead atoms. The first-order valence-corrected chi connectivity index (χ1v) is 11.0. The van der Waals surface area contributed by atoms with Gasteiger partial charge in [-0.25, -0.2) is 13.1 Å². The largest absolute Gasteiger partial charge is 0.306 e. The number of fused-ring (bicyclic) bond motifs is 1. The van der Waals surface area contributed by atoms with Crippen LogP contribution in [0.3, 0.4) is 0 Å². The molecule has 2 heterocycles. The molecule has 0 unspecified atom stereocenters. The van der Waals surface area contributed by atoms with Gasteiger partial charge in [0, 0.05) is 21.7 Å². The summed E-state index contributed by atoms with van der Waals surface area (Å²) in [5.41, 5.74) is 0.482. The van der Waals surface area contributed by atoms with E-state index in [4.69, 9.17) is 23.2 Å². The monoisotopic (exact) mass is 466 g/mol. The molecule has 0 spiro atoms. The van der Waals surface area contributed by atoms with E-state index in [0.717, 1.165) is 6.07 Å². The van der Waals surface area contributed by atoms with E-state index < -0.39 is 26.4 Å². The molecule has 0 aliphatic carbocycles. The van der Waals surface area contributed by atoms with Gasteiger partial charge in [-0.15, -0.1) is 0 Å². The minimum absolute atomic E-state index is 0.118. The number of nitro benzene ring substituents is 1. The third-order valence-electron chi connectivity index (χ3n) is 4.49. The summed E-state index contributed by atoms with van der Waals surface area (Å²) in [6.07, 6.45) is 0. The van der Waals surface area contributed by atoms with Crippen LogP contribution in [0.5, 0.6) is 0 Å². The topological polar surface area (TPSA) is 124 Å². The molecule has 0 saturated heterocycles. The SMILES string of the molecule is O=C(Nc1c2c(nn1-c1ccc(Cl)cc1)CS(=O)(=O)C2)c1cc(Cl)ccc1[N+](=O)[O-]. The highest BCUT2D eigenvalue weighted by Gasteiger charge is 2.34. The first-order chi connectivity index (χ1) is 14.1. The van der Waals surface area contributed by atoms with E-state index in [2.05, 4.69) is 10.4 Å². The van der Waals surface area contributed by atoms with Crippen molar-refractivity contribution in [1.29, 1.82) is 0 Å². The maximum atomic E-state index is 12.9. The highest BCUT2D eigenvalue weighted by molar-refractivity contribution is 7.90. The summed E-state index contributed by atoms with van der Waals surface area (Å²) in [6.45, 7) is 0. The number of nitrogens with zero attached hydrogens (tertiary/aromatic N) is 3. The summed E-state index contributed by atoms with van der Waals surface area (Å²) < 4.78 is 25.5. The van der Waals surface area contributed by atoms with E-state index in [1.165, 1.54) is 16.8 Å². The third kappa shape index (κ3) is 3.76. The van der Waals surface area contributed by atoms with E-state index in [0.29, 0.717) is 22.0 Å². The van der Waals surface area contributed by atoms with Gasteiger partial charge in [-0.1, -0.05) is 23.2 Å². The summed E-state index contributed by atoms with van der Waals surface area (Å²) >= 11 is 11.8. The maximum absolute atomic E-state index is 12.9. The number of nitro groups is 1. The van der Waals surface area contributed by atoms with Crippen molar-refractivity contribution in [1.82, 2.24) is 9.78 Å². The predicted octanol–water partition coefficient (Wildman–Crippen LogP) is 3.77. The Kier molecular flexibility index (Phi) is 5.00. The number of sulfone groups is 1. The summed E-state index contributed by atoms with van der Waals surface area (Å²) in [7, 11) is -3.40. The van der Waals surface area contributed by atoms with Gasteiger partial charge in [-0.05, 0) is 36.4 Å². The van der Waals surface area contributed by atoms with Crippen LogP contribution in [0.15, 0.2) is 42.5 Å². The fraction of sp³-hybridized carbons (Fsp3) is 0.111. The minimum atomic E-state index is -3.40. The lowest BCUT2D eigenvalue weighted by Gasteiger charge is -2.11. The van der Waals surface area contributed by atoms with Gasteiger partial charge in [0.25, 0.3) is 11.6 Å². The van der Waals surface area contributed by atoms with Gasteiger partial charge in [0.05, 0.1) is 27.8 Å². The van der Waals surface area contributed by atoms with Gasteiger partial charge < -0.3 is 5.32 Å². The van der Waals surface area contributed by atoms with Crippen molar-refractivity contribution in [2.75, 3.05) is 5.32 Å². The summed E-state index contributed by atoms with van der Waals surface area (Å²) in [6, 6.07) is 10.1. The normalized spacial score (nSPS) is 14.3. The lowest BCUT2D eigenvalue weighted by Crippen LogP contribution is -2.18. The van der Waals surface area contributed by atoms with Gasteiger partial charge in [-0.3, -0.25) is 14.9 Å². The molecule has 1 amide bonds. The van der Waals surface area contributed by atoms with Crippen LogP contribution in [-0.4, -0.2) is 29.0 Å². The van der Waals surface area contributed by atoms with Crippen molar-refractivity contribution in [3.05, 3.63) is 79.4 Å². The van der Waals surface area contributed by atoms with Gasteiger partial charge in [0.2, 0.25) is 0 Å². The average molecular weight is 467 g/mol. The molecular weight excluding hydrogens is 455 g/mol.